The zero-order valence-electron chi connectivity index (χ0n) is 21.7. The number of alkyl halides is 3. The van der Waals surface area contributed by atoms with E-state index in [1.165, 1.54) is 12.1 Å². The van der Waals surface area contributed by atoms with Gasteiger partial charge in [-0.2, -0.15) is 13.2 Å². The fraction of sp³-hybridized carbons (Fsp3) is 0.276. The van der Waals surface area contributed by atoms with Gasteiger partial charge in [0.2, 0.25) is 5.95 Å². The Bertz CT molecular complexity index is 1530. The van der Waals surface area contributed by atoms with Crippen LogP contribution < -0.4 is 11.1 Å². The van der Waals surface area contributed by atoms with Gasteiger partial charge in [-0.1, -0.05) is 18.2 Å². The Balaban J connectivity index is 1.38. The third kappa shape index (κ3) is 6.02. The Labute approximate surface area is 224 Å². The van der Waals surface area contributed by atoms with Crippen LogP contribution >= 0.6 is 0 Å². The first kappa shape index (κ1) is 26.6. The Morgan fingerprint density at radius 2 is 1.79 bits per heavy atom. The number of aromatic nitrogens is 2. The largest absolute Gasteiger partial charge is 0.416 e. The lowest BCUT2D eigenvalue weighted by Crippen LogP contribution is -2.44. The molecule has 0 bridgehead atoms. The van der Waals surface area contributed by atoms with E-state index in [2.05, 4.69) is 20.2 Å². The summed E-state index contributed by atoms with van der Waals surface area (Å²) in [6.07, 6.45) is -2.92. The number of nitrogens with zero attached hydrogens (tertiary/aromatic N) is 4. The molecule has 0 radical (unpaired) electrons. The quantitative estimate of drug-likeness (QED) is 0.366. The van der Waals surface area contributed by atoms with E-state index >= 15 is 0 Å². The van der Waals surface area contributed by atoms with E-state index < -0.39 is 17.6 Å². The van der Waals surface area contributed by atoms with Crippen LogP contribution in [0.15, 0.2) is 60.8 Å². The van der Waals surface area contributed by atoms with Gasteiger partial charge in [0.15, 0.2) is 0 Å². The molecule has 0 atom stereocenters. The molecule has 1 amide bonds. The van der Waals surface area contributed by atoms with Crippen molar-refractivity contribution in [3.8, 4) is 11.1 Å². The maximum atomic E-state index is 14.0. The monoisotopic (exact) mass is 534 g/mol. The molecule has 1 saturated heterocycles. The highest BCUT2D eigenvalue weighted by Gasteiger charge is 2.34. The van der Waals surface area contributed by atoms with Gasteiger partial charge in [-0.3, -0.25) is 9.69 Å². The van der Waals surface area contributed by atoms with Gasteiger partial charge < -0.3 is 16.0 Å². The third-order valence-electron chi connectivity index (χ3n) is 7.07. The van der Waals surface area contributed by atoms with Crippen molar-refractivity contribution in [1.82, 2.24) is 19.8 Å². The summed E-state index contributed by atoms with van der Waals surface area (Å²) in [5.74, 6) is -0.416. The molecular weight excluding hydrogens is 505 g/mol. The SMILES string of the molecule is Cc1ccc(NC(=O)c2ccc(CN3CCN(C)CC3)c(C(F)(F)F)c2)cc1-c1ccc2nc(N)ncc2c1. The molecule has 39 heavy (non-hydrogen) atoms. The zero-order valence-corrected chi connectivity index (χ0v) is 21.7. The zero-order chi connectivity index (χ0) is 27.7. The van der Waals surface area contributed by atoms with E-state index in [1.807, 2.05) is 43.1 Å². The van der Waals surface area contributed by atoms with Gasteiger partial charge in [0.1, 0.15) is 0 Å². The second-order valence-corrected chi connectivity index (χ2v) is 9.93. The first-order valence-electron chi connectivity index (χ1n) is 12.6. The van der Waals surface area contributed by atoms with Gasteiger partial charge in [-0.05, 0) is 72.6 Å². The Morgan fingerprint density at radius 3 is 2.54 bits per heavy atom. The molecule has 0 aliphatic carbocycles. The number of likely N-dealkylation sites (N-methyl/N-ethyl adjacent to an activating group) is 1. The molecule has 1 fully saturated rings. The molecule has 10 heteroatoms. The number of fused-ring (bicyclic) bond motifs is 1. The predicted octanol–water partition coefficient (Wildman–Crippen LogP) is 5.21. The molecule has 4 aromatic rings. The summed E-state index contributed by atoms with van der Waals surface area (Å²) < 4.78 is 41.9. The Morgan fingerprint density at radius 1 is 1.03 bits per heavy atom. The molecule has 5 rings (SSSR count). The minimum Gasteiger partial charge on any atom is -0.368 e. The Hall–Kier alpha value is -4.02. The van der Waals surface area contributed by atoms with E-state index in [0.29, 0.717) is 24.3 Å². The maximum Gasteiger partial charge on any atom is 0.416 e. The van der Waals surface area contributed by atoms with Crippen molar-refractivity contribution in [2.45, 2.75) is 19.6 Å². The number of aryl methyl sites for hydroxylation is 1. The number of amides is 1. The average Bonchev–Trinajstić information content (AvgIpc) is 2.90. The van der Waals surface area contributed by atoms with Crippen LogP contribution in [0.1, 0.15) is 27.0 Å². The molecule has 7 nitrogen and oxygen atoms in total. The average molecular weight is 535 g/mol. The van der Waals surface area contributed by atoms with Crippen molar-refractivity contribution < 1.29 is 18.0 Å². The van der Waals surface area contributed by atoms with Gasteiger partial charge in [0, 0.05) is 55.6 Å². The van der Waals surface area contributed by atoms with Crippen molar-refractivity contribution in [3.63, 3.8) is 0 Å². The first-order valence-corrected chi connectivity index (χ1v) is 12.6. The number of hydrogen-bond acceptors (Lipinski definition) is 6. The molecular formula is C29H29F3N6O. The molecule has 1 aliphatic rings. The highest BCUT2D eigenvalue weighted by molar-refractivity contribution is 6.04. The van der Waals surface area contributed by atoms with E-state index in [-0.39, 0.29) is 23.6 Å². The first-order chi connectivity index (χ1) is 18.6. The van der Waals surface area contributed by atoms with Crippen molar-refractivity contribution in [1.29, 1.82) is 0 Å². The summed E-state index contributed by atoms with van der Waals surface area (Å²) in [6, 6.07) is 14.9. The molecule has 0 saturated carbocycles. The number of carbonyl (C=O) groups excluding carboxylic acids is 1. The van der Waals surface area contributed by atoms with Crippen molar-refractivity contribution >= 4 is 28.4 Å². The highest BCUT2D eigenvalue weighted by Crippen LogP contribution is 2.34. The number of piperazine rings is 1. The number of rotatable bonds is 5. The Kier molecular flexibility index (Phi) is 7.24. The molecule has 3 N–H and O–H groups in total. The number of anilines is 2. The minimum atomic E-state index is -4.57. The summed E-state index contributed by atoms with van der Waals surface area (Å²) in [7, 11) is 2.00. The second kappa shape index (κ2) is 10.6. The fourth-order valence-electron chi connectivity index (χ4n) is 4.80. The van der Waals surface area contributed by atoms with Crippen LogP contribution in [-0.2, 0) is 12.7 Å². The van der Waals surface area contributed by atoms with Gasteiger partial charge in [-0.15, -0.1) is 0 Å². The normalized spacial score (nSPS) is 15.0. The van der Waals surface area contributed by atoms with E-state index in [1.54, 1.807) is 18.3 Å². The van der Waals surface area contributed by atoms with Gasteiger partial charge >= 0.3 is 6.18 Å². The summed E-state index contributed by atoms with van der Waals surface area (Å²) in [6.45, 7) is 5.15. The third-order valence-corrected chi connectivity index (χ3v) is 7.07. The van der Waals surface area contributed by atoms with Crippen molar-refractivity contribution in [2.24, 2.45) is 0 Å². The molecule has 202 valence electrons. The summed E-state index contributed by atoms with van der Waals surface area (Å²) in [5.41, 5.74) is 8.92. The van der Waals surface area contributed by atoms with Gasteiger partial charge in [0.05, 0.1) is 11.1 Å². The number of nitrogens with one attached hydrogen (secondary N) is 1. The number of halogens is 3. The van der Waals surface area contributed by atoms with E-state index in [4.69, 9.17) is 5.73 Å². The number of nitrogen functional groups attached to an aromatic ring is 1. The van der Waals surface area contributed by atoms with Crippen LogP contribution in [0, 0.1) is 6.92 Å². The smallest absolute Gasteiger partial charge is 0.368 e. The minimum absolute atomic E-state index is 0.0491. The van der Waals surface area contributed by atoms with E-state index in [0.717, 1.165) is 41.2 Å². The van der Waals surface area contributed by atoms with Crippen LogP contribution in [0.3, 0.4) is 0 Å². The standard InChI is InChI=1S/C29H29F3N6O/c1-18-3-7-23(15-24(18)19-6-8-26-22(13-19)16-34-28(33)36-26)35-27(39)20-4-5-21(25(14-20)29(30,31)32)17-38-11-9-37(2)10-12-38/h3-8,13-16H,9-12,17H2,1-2H3,(H,35,39)(H2,33,34,36). The summed E-state index contributed by atoms with van der Waals surface area (Å²) in [4.78, 5) is 25.5. The fourth-order valence-corrected chi connectivity index (χ4v) is 4.80. The van der Waals surface area contributed by atoms with Crippen molar-refractivity contribution in [2.75, 3.05) is 44.3 Å². The van der Waals surface area contributed by atoms with Crippen molar-refractivity contribution in [3.05, 3.63) is 83.0 Å². The lowest BCUT2D eigenvalue weighted by atomic mass is 9.98. The topological polar surface area (TPSA) is 87.4 Å². The molecule has 3 aromatic carbocycles. The molecule has 1 aliphatic heterocycles. The number of hydrogen-bond donors (Lipinski definition) is 2. The molecule has 2 heterocycles. The van der Waals surface area contributed by atoms with Gasteiger partial charge in [-0.25, -0.2) is 9.97 Å². The number of carbonyl (C=O) groups is 1. The lowest BCUT2D eigenvalue weighted by Gasteiger charge is -2.33. The van der Waals surface area contributed by atoms with Gasteiger partial charge in [0.25, 0.3) is 5.91 Å². The lowest BCUT2D eigenvalue weighted by molar-refractivity contribution is -0.138. The van der Waals surface area contributed by atoms with E-state index in [9.17, 15) is 18.0 Å². The predicted molar refractivity (Wildman–Crippen MR) is 146 cm³/mol. The van der Waals surface area contributed by atoms with Crippen LogP contribution in [0.25, 0.3) is 22.0 Å². The highest BCUT2D eigenvalue weighted by atomic mass is 19.4. The van der Waals surface area contributed by atoms with Crippen LogP contribution in [0.2, 0.25) is 0 Å². The second-order valence-electron chi connectivity index (χ2n) is 9.93. The molecule has 0 unspecified atom stereocenters. The number of nitrogens with two attached hydrogens (primary N) is 1. The molecule has 0 spiro atoms. The summed E-state index contributed by atoms with van der Waals surface area (Å²) in [5, 5.41) is 3.57. The molecule has 1 aromatic heterocycles. The number of benzene rings is 3. The summed E-state index contributed by atoms with van der Waals surface area (Å²) >= 11 is 0. The maximum absolute atomic E-state index is 14.0. The van der Waals surface area contributed by atoms with Crippen LogP contribution in [-0.4, -0.2) is 58.9 Å². The van der Waals surface area contributed by atoms with Crippen LogP contribution in [0.4, 0.5) is 24.8 Å². The van der Waals surface area contributed by atoms with Crippen LogP contribution in [0.5, 0.6) is 0 Å².